The van der Waals surface area contributed by atoms with Gasteiger partial charge in [0.1, 0.15) is 6.61 Å². The molecule has 0 aliphatic carbocycles. The van der Waals surface area contributed by atoms with Gasteiger partial charge in [0.2, 0.25) is 10.0 Å². The van der Waals surface area contributed by atoms with Crippen molar-refractivity contribution >= 4 is 27.3 Å². The molecule has 0 unspecified atom stereocenters. The van der Waals surface area contributed by atoms with Gasteiger partial charge in [-0.2, -0.15) is 0 Å². The first kappa shape index (κ1) is 21.6. The summed E-state index contributed by atoms with van der Waals surface area (Å²) in [7, 11) is -1.70. The lowest BCUT2D eigenvalue weighted by Crippen LogP contribution is -2.25. The standard InChI is InChI=1S/C23H23N3O5S/c1-30-21-8-5-19(15-22(21)31-16-17-9-11-24-12-10-17)25-23(27)18-3-6-20(7-4-18)26-13-2-14-32(26,28)29/h3-12,15H,2,13-14,16H2,1H3,(H,25,27). The third-order valence-electron chi connectivity index (χ3n) is 5.08. The number of nitrogens with zero attached hydrogens (tertiary/aromatic N) is 2. The molecule has 0 bridgehead atoms. The summed E-state index contributed by atoms with van der Waals surface area (Å²) in [4.78, 5) is 16.7. The van der Waals surface area contributed by atoms with Crippen molar-refractivity contribution in [3.05, 3.63) is 78.1 Å². The fourth-order valence-electron chi connectivity index (χ4n) is 3.42. The molecular formula is C23H23N3O5S. The van der Waals surface area contributed by atoms with Crippen LogP contribution in [0.5, 0.6) is 11.5 Å². The molecule has 1 amide bonds. The molecule has 2 heterocycles. The van der Waals surface area contributed by atoms with Gasteiger partial charge >= 0.3 is 0 Å². The zero-order valence-electron chi connectivity index (χ0n) is 17.5. The van der Waals surface area contributed by atoms with Gasteiger partial charge < -0.3 is 14.8 Å². The maximum absolute atomic E-state index is 12.7. The molecule has 1 aliphatic rings. The van der Waals surface area contributed by atoms with E-state index in [-0.39, 0.29) is 11.7 Å². The third kappa shape index (κ3) is 4.83. The van der Waals surface area contributed by atoms with Crippen molar-refractivity contribution in [1.29, 1.82) is 0 Å². The molecule has 1 aromatic heterocycles. The highest BCUT2D eigenvalue weighted by Crippen LogP contribution is 2.31. The van der Waals surface area contributed by atoms with E-state index in [9.17, 15) is 13.2 Å². The number of sulfonamides is 1. The molecule has 0 spiro atoms. The number of carbonyl (C=O) groups excluding carboxylic acids is 1. The molecule has 0 radical (unpaired) electrons. The molecule has 3 aromatic rings. The minimum atomic E-state index is -3.26. The fraction of sp³-hybridized carbons (Fsp3) is 0.217. The summed E-state index contributed by atoms with van der Waals surface area (Å²) >= 11 is 0. The lowest BCUT2D eigenvalue weighted by Gasteiger charge is -2.17. The maximum Gasteiger partial charge on any atom is 0.255 e. The van der Waals surface area contributed by atoms with E-state index >= 15 is 0 Å². The predicted octanol–water partition coefficient (Wildman–Crippen LogP) is 3.46. The first-order valence-electron chi connectivity index (χ1n) is 10.1. The van der Waals surface area contributed by atoms with Crippen molar-refractivity contribution in [2.75, 3.05) is 29.0 Å². The van der Waals surface area contributed by atoms with Crippen molar-refractivity contribution in [2.24, 2.45) is 0 Å². The van der Waals surface area contributed by atoms with E-state index in [1.165, 1.54) is 4.31 Å². The summed E-state index contributed by atoms with van der Waals surface area (Å²) in [5, 5.41) is 2.84. The number of ether oxygens (including phenoxy) is 2. The van der Waals surface area contributed by atoms with Crippen molar-refractivity contribution in [2.45, 2.75) is 13.0 Å². The van der Waals surface area contributed by atoms with Gasteiger partial charge in [0.25, 0.3) is 5.91 Å². The molecule has 1 aliphatic heterocycles. The van der Waals surface area contributed by atoms with Gasteiger partial charge in [-0.25, -0.2) is 8.42 Å². The average Bonchev–Trinajstić information content (AvgIpc) is 3.17. The van der Waals surface area contributed by atoms with Gasteiger partial charge in [-0.15, -0.1) is 0 Å². The number of hydrogen-bond acceptors (Lipinski definition) is 6. The van der Waals surface area contributed by atoms with Gasteiger partial charge in [0.05, 0.1) is 18.6 Å². The van der Waals surface area contributed by atoms with Crippen LogP contribution in [0.2, 0.25) is 0 Å². The van der Waals surface area contributed by atoms with Crippen LogP contribution >= 0.6 is 0 Å². The summed E-state index contributed by atoms with van der Waals surface area (Å²) in [5.74, 6) is 0.883. The molecular weight excluding hydrogens is 430 g/mol. The summed E-state index contributed by atoms with van der Waals surface area (Å²) in [5.41, 5.74) is 2.49. The molecule has 2 aromatic carbocycles. The number of anilines is 2. The Morgan fingerprint density at radius 2 is 1.81 bits per heavy atom. The number of pyridine rings is 1. The van der Waals surface area contributed by atoms with Crippen LogP contribution in [-0.2, 0) is 16.6 Å². The second kappa shape index (κ2) is 9.27. The molecule has 0 atom stereocenters. The number of nitrogens with one attached hydrogen (secondary N) is 1. The van der Waals surface area contributed by atoms with E-state index in [0.29, 0.717) is 48.0 Å². The highest BCUT2D eigenvalue weighted by atomic mass is 32.2. The summed E-state index contributed by atoms with van der Waals surface area (Å²) in [6.07, 6.45) is 3.99. The van der Waals surface area contributed by atoms with Crippen LogP contribution in [0, 0.1) is 0 Å². The van der Waals surface area contributed by atoms with Crippen molar-refractivity contribution in [3.63, 3.8) is 0 Å². The van der Waals surface area contributed by atoms with Crippen LogP contribution in [0.4, 0.5) is 11.4 Å². The third-order valence-corrected chi connectivity index (χ3v) is 6.95. The molecule has 8 nitrogen and oxygen atoms in total. The van der Waals surface area contributed by atoms with Crippen molar-refractivity contribution in [3.8, 4) is 11.5 Å². The average molecular weight is 454 g/mol. The number of rotatable bonds is 7. The molecule has 32 heavy (non-hydrogen) atoms. The molecule has 1 fully saturated rings. The van der Waals surface area contributed by atoms with Crippen LogP contribution in [0.3, 0.4) is 0 Å². The van der Waals surface area contributed by atoms with Crippen LogP contribution in [0.1, 0.15) is 22.3 Å². The molecule has 1 saturated heterocycles. The van der Waals surface area contributed by atoms with Gasteiger partial charge in [0.15, 0.2) is 11.5 Å². The number of benzene rings is 2. The van der Waals surface area contributed by atoms with E-state index < -0.39 is 10.0 Å². The SMILES string of the molecule is COc1ccc(NC(=O)c2ccc(N3CCCS3(=O)=O)cc2)cc1OCc1ccncc1. The van der Waals surface area contributed by atoms with Crippen LogP contribution < -0.4 is 19.1 Å². The van der Waals surface area contributed by atoms with Crippen molar-refractivity contribution in [1.82, 2.24) is 4.98 Å². The van der Waals surface area contributed by atoms with Gasteiger partial charge in [-0.1, -0.05) is 0 Å². The fourth-order valence-corrected chi connectivity index (χ4v) is 4.98. The highest BCUT2D eigenvalue weighted by Gasteiger charge is 2.28. The van der Waals surface area contributed by atoms with Crippen LogP contribution in [-0.4, -0.2) is 38.7 Å². The quantitative estimate of drug-likeness (QED) is 0.588. The summed E-state index contributed by atoms with van der Waals surface area (Å²) < 4.78 is 36.7. The minimum Gasteiger partial charge on any atom is -0.493 e. The monoisotopic (exact) mass is 453 g/mol. The second-order valence-electron chi connectivity index (χ2n) is 7.25. The largest absolute Gasteiger partial charge is 0.493 e. The smallest absolute Gasteiger partial charge is 0.255 e. The minimum absolute atomic E-state index is 0.151. The number of amides is 1. The van der Waals surface area contributed by atoms with E-state index in [4.69, 9.17) is 9.47 Å². The Balaban J connectivity index is 1.45. The molecule has 4 rings (SSSR count). The van der Waals surface area contributed by atoms with E-state index in [0.717, 1.165) is 5.56 Å². The van der Waals surface area contributed by atoms with E-state index in [2.05, 4.69) is 10.3 Å². The first-order valence-corrected chi connectivity index (χ1v) is 11.7. The topological polar surface area (TPSA) is 97.8 Å². The van der Waals surface area contributed by atoms with E-state index in [1.54, 1.807) is 62.0 Å². The lowest BCUT2D eigenvalue weighted by molar-refractivity contribution is 0.102. The molecule has 166 valence electrons. The van der Waals surface area contributed by atoms with Gasteiger partial charge in [-0.3, -0.25) is 14.1 Å². The Kier molecular flexibility index (Phi) is 6.27. The normalized spacial score (nSPS) is 14.7. The van der Waals surface area contributed by atoms with Crippen molar-refractivity contribution < 1.29 is 22.7 Å². The Morgan fingerprint density at radius 1 is 1.06 bits per heavy atom. The number of methoxy groups -OCH3 is 1. The summed E-state index contributed by atoms with van der Waals surface area (Å²) in [6.45, 7) is 0.791. The first-order chi connectivity index (χ1) is 15.5. The molecule has 1 N–H and O–H groups in total. The summed E-state index contributed by atoms with van der Waals surface area (Å²) in [6, 6.07) is 15.4. The number of carbonyl (C=O) groups is 1. The highest BCUT2D eigenvalue weighted by molar-refractivity contribution is 7.93. The Labute approximate surface area is 186 Å². The molecule has 9 heteroatoms. The molecule has 0 saturated carbocycles. The Bertz CT molecular complexity index is 1200. The Hall–Kier alpha value is -3.59. The van der Waals surface area contributed by atoms with E-state index in [1.807, 2.05) is 12.1 Å². The lowest BCUT2D eigenvalue weighted by atomic mass is 10.2. The second-order valence-corrected chi connectivity index (χ2v) is 9.27. The zero-order valence-corrected chi connectivity index (χ0v) is 18.3. The predicted molar refractivity (Wildman–Crippen MR) is 122 cm³/mol. The van der Waals surface area contributed by atoms with Gasteiger partial charge in [0, 0.05) is 36.3 Å². The number of aromatic nitrogens is 1. The zero-order chi connectivity index (χ0) is 22.6. The van der Waals surface area contributed by atoms with Gasteiger partial charge in [-0.05, 0) is 60.5 Å². The number of hydrogen-bond donors (Lipinski definition) is 1. The van der Waals surface area contributed by atoms with Crippen LogP contribution in [0.25, 0.3) is 0 Å². The maximum atomic E-state index is 12.7. The van der Waals surface area contributed by atoms with Crippen LogP contribution in [0.15, 0.2) is 67.0 Å². The Morgan fingerprint density at radius 3 is 2.47 bits per heavy atom.